The molecule has 9 heteroatoms. The van der Waals surface area contributed by atoms with Crippen molar-refractivity contribution in [3.8, 4) is 5.75 Å². The molecule has 1 fully saturated rings. The van der Waals surface area contributed by atoms with Crippen LogP contribution in [0.1, 0.15) is 22.9 Å². The molecule has 160 valence electrons. The monoisotopic (exact) mass is 441 g/mol. The molecule has 1 atom stereocenters. The quantitative estimate of drug-likeness (QED) is 0.344. The first kappa shape index (κ1) is 20.8. The summed E-state index contributed by atoms with van der Waals surface area (Å²) >= 11 is 1.38. The number of methoxy groups -OCH3 is 1. The zero-order valence-electron chi connectivity index (χ0n) is 16.7. The van der Waals surface area contributed by atoms with E-state index in [-0.39, 0.29) is 16.9 Å². The van der Waals surface area contributed by atoms with E-state index in [0.29, 0.717) is 19.5 Å². The maximum atomic E-state index is 14.2. The summed E-state index contributed by atoms with van der Waals surface area (Å²) in [5, 5.41) is 12.8. The van der Waals surface area contributed by atoms with Crippen LogP contribution in [-0.2, 0) is 16.1 Å². The maximum absolute atomic E-state index is 14.2. The number of hydrogen-bond donors (Lipinski definition) is 1. The van der Waals surface area contributed by atoms with E-state index in [9.17, 15) is 19.1 Å². The van der Waals surface area contributed by atoms with E-state index in [1.54, 1.807) is 12.5 Å². The fraction of sp³-hybridized carbons (Fsp3) is 0.227. The Balaban J connectivity index is 1.70. The third kappa shape index (κ3) is 3.96. The number of hydrogen-bond acceptors (Lipinski definition) is 6. The molecule has 1 aliphatic heterocycles. The van der Waals surface area contributed by atoms with Gasteiger partial charge in [-0.25, -0.2) is 9.37 Å². The van der Waals surface area contributed by atoms with Crippen LogP contribution in [0, 0.1) is 5.82 Å². The van der Waals surface area contributed by atoms with Gasteiger partial charge in [-0.05, 0) is 36.1 Å². The number of aryl methyl sites for hydroxylation is 1. The molecule has 4 rings (SSSR count). The van der Waals surface area contributed by atoms with Crippen LogP contribution in [-0.4, -0.2) is 44.9 Å². The lowest BCUT2D eigenvalue weighted by molar-refractivity contribution is -0.139. The fourth-order valence-corrected chi connectivity index (χ4v) is 4.51. The second kappa shape index (κ2) is 8.73. The summed E-state index contributed by atoms with van der Waals surface area (Å²) in [6.07, 6.45) is 5.78. The van der Waals surface area contributed by atoms with Crippen LogP contribution >= 0.6 is 11.3 Å². The van der Waals surface area contributed by atoms with E-state index < -0.39 is 29.3 Å². The van der Waals surface area contributed by atoms with Gasteiger partial charge in [0, 0.05) is 35.9 Å². The van der Waals surface area contributed by atoms with Crippen LogP contribution < -0.4 is 4.74 Å². The molecule has 0 bridgehead atoms. The number of thiophene rings is 1. The molecule has 7 nitrogen and oxygen atoms in total. The van der Waals surface area contributed by atoms with Gasteiger partial charge < -0.3 is 19.3 Å². The first-order chi connectivity index (χ1) is 15.0. The highest BCUT2D eigenvalue weighted by Crippen LogP contribution is 2.41. The van der Waals surface area contributed by atoms with Gasteiger partial charge in [0.2, 0.25) is 0 Å². The van der Waals surface area contributed by atoms with Gasteiger partial charge in [0.25, 0.3) is 11.7 Å². The van der Waals surface area contributed by atoms with E-state index >= 15 is 0 Å². The summed E-state index contributed by atoms with van der Waals surface area (Å²) < 4.78 is 21.0. The number of ketones is 1. The zero-order valence-corrected chi connectivity index (χ0v) is 17.5. The van der Waals surface area contributed by atoms with Crippen LogP contribution in [0.25, 0.3) is 5.76 Å². The lowest BCUT2D eigenvalue weighted by Gasteiger charge is -2.24. The second-order valence-electron chi connectivity index (χ2n) is 7.01. The first-order valence-corrected chi connectivity index (χ1v) is 10.5. The van der Waals surface area contributed by atoms with Crippen LogP contribution in [0.3, 0.4) is 0 Å². The number of likely N-dealkylation sites (tertiary alicyclic amines) is 1. The molecule has 1 saturated heterocycles. The third-order valence-corrected chi connectivity index (χ3v) is 6.08. The minimum Gasteiger partial charge on any atom is -0.507 e. The Morgan fingerprint density at radius 3 is 2.77 bits per heavy atom. The van der Waals surface area contributed by atoms with Gasteiger partial charge in [-0.3, -0.25) is 9.59 Å². The largest absolute Gasteiger partial charge is 0.507 e. The van der Waals surface area contributed by atoms with Gasteiger partial charge >= 0.3 is 0 Å². The number of amides is 1. The van der Waals surface area contributed by atoms with Crippen molar-refractivity contribution in [2.45, 2.75) is 19.0 Å². The summed E-state index contributed by atoms with van der Waals surface area (Å²) in [7, 11) is 1.34. The van der Waals surface area contributed by atoms with E-state index in [4.69, 9.17) is 4.74 Å². The van der Waals surface area contributed by atoms with Crippen molar-refractivity contribution < 1.29 is 23.8 Å². The molecule has 0 spiro atoms. The fourth-order valence-electron chi connectivity index (χ4n) is 3.67. The number of benzene rings is 1. The summed E-state index contributed by atoms with van der Waals surface area (Å²) in [5.74, 6) is -2.52. The average Bonchev–Trinajstić information content (AvgIpc) is 3.52. The smallest absolute Gasteiger partial charge is 0.295 e. The minimum absolute atomic E-state index is 0.0197. The summed E-state index contributed by atoms with van der Waals surface area (Å²) in [6.45, 7) is 0.947. The highest BCUT2D eigenvalue weighted by molar-refractivity contribution is 7.10. The molecule has 0 aliphatic carbocycles. The van der Waals surface area contributed by atoms with Gasteiger partial charge in [-0.1, -0.05) is 6.07 Å². The van der Waals surface area contributed by atoms with E-state index in [1.165, 1.54) is 35.5 Å². The van der Waals surface area contributed by atoms with Crippen molar-refractivity contribution in [3.05, 3.63) is 76.3 Å². The molecule has 0 radical (unpaired) electrons. The predicted molar refractivity (Wildman–Crippen MR) is 113 cm³/mol. The highest BCUT2D eigenvalue weighted by atomic mass is 32.1. The van der Waals surface area contributed by atoms with Gasteiger partial charge in [-0.2, -0.15) is 0 Å². The van der Waals surface area contributed by atoms with Crippen molar-refractivity contribution >= 4 is 28.8 Å². The molecule has 0 unspecified atom stereocenters. The van der Waals surface area contributed by atoms with Crippen LogP contribution in [0.2, 0.25) is 0 Å². The highest BCUT2D eigenvalue weighted by Gasteiger charge is 2.46. The molecule has 31 heavy (non-hydrogen) atoms. The van der Waals surface area contributed by atoms with Crippen molar-refractivity contribution in [2.75, 3.05) is 13.7 Å². The molecule has 1 aliphatic rings. The summed E-state index contributed by atoms with van der Waals surface area (Å²) in [6, 6.07) is 6.81. The van der Waals surface area contributed by atoms with Crippen molar-refractivity contribution in [1.29, 1.82) is 0 Å². The molecule has 1 aromatic carbocycles. The Morgan fingerprint density at radius 2 is 2.13 bits per heavy atom. The summed E-state index contributed by atoms with van der Waals surface area (Å²) in [4.78, 5) is 31.9. The number of carbonyl (C=O) groups excluding carboxylic acids is 2. The topological polar surface area (TPSA) is 84.7 Å². The maximum Gasteiger partial charge on any atom is 0.295 e. The number of imidazole rings is 1. The number of aliphatic hydroxyl groups excluding tert-OH is 1. The molecular weight excluding hydrogens is 421 g/mol. The van der Waals surface area contributed by atoms with Gasteiger partial charge in [-0.15, -0.1) is 11.3 Å². The Kier molecular flexibility index (Phi) is 5.85. The minimum atomic E-state index is -0.783. The Bertz CT molecular complexity index is 1130. The SMILES string of the molecule is COc1ccc(/C(O)=C2\C(=O)C(=O)N(CCCn3ccnc3)[C@@H]2c2cccs2)cc1F. The Morgan fingerprint density at radius 1 is 1.29 bits per heavy atom. The molecule has 1 N–H and O–H groups in total. The van der Waals surface area contributed by atoms with Crippen LogP contribution in [0.15, 0.2) is 60.0 Å². The third-order valence-electron chi connectivity index (χ3n) is 5.15. The van der Waals surface area contributed by atoms with Crippen molar-refractivity contribution in [3.63, 3.8) is 0 Å². The Hall–Kier alpha value is -3.46. The number of Topliss-reactive ketones (excluding diaryl/α,β-unsaturated/α-hetero) is 1. The second-order valence-corrected chi connectivity index (χ2v) is 7.99. The van der Waals surface area contributed by atoms with Crippen molar-refractivity contribution in [1.82, 2.24) is 14.5 Å². The van der Waals surface area contributed by atoms with Crippen LogP contribution in [0.5, 0.6) is 5.75 Å². The first-order valence-electron chi connectivity index (χ1n) is 9.62. The van der Waals surface area contributed by atoms with E-state index in [1.807, 2.05) is 28.3 Å². The molecule has 3 aromatic rings. The van der Waals surface area contributed by atoms with E-state index in [0.717, 1.165) is 10.9 Å². The lowest BCUT2D eigenvalue weighted by Crippen LogP contribution is -2.31. The number of carbonyl (C=O) groups is 2. The van der Waals surface area contributed by atoms with Gasteiger partial charge in [0.1, 0.15) is 5.76 Å². The lowest BCUT2D eigenvalue weighted by atomic mass is 9.99. The standard InChI is InChI=1S/C22H20FN3O4S/c1-30-16-6-5-14(12-15(16)23)20(27)18-19(17-4-2-11-31-17)26(22(29)21(18)28)9-3-8-25-10-7-24-13-25/h2,4-7,10-13,19,27H,3,8-9H2,1H3/b20-18+/t19-/m1/s1. The van der Waals surface area contributed by atoms with E-state index in [2.05, 4.69) is 4.98 Å². The van der Waals surface area contributed by atoms with Crippen molar-refractivity contribution in [2.24, 2.45) is 0 Å². The predicted octanol–water partition coefficient (Wildman–Crippen LogP) is 3.60. The number of halogens is 1. The molecule has 3 heterocycles. The van der Waals surface area contributed by atoms with Crippen LogP contribution in [0.4, 0.5) is 4.39 Å². The normalized spacial score (nSPS) is 18.0. The van der Waals surface area contributed by atoms with Gasteiger partial charge in [0.15, 0.2) is 11.6 Å². The zero-order chi connectivity index (χ0) is 22.0. The average molecular weight is 441 g/mol. The number of nitrogens with zero attached hydrogens (tertiary/aromatic N) is 3. The number of aromatic nitrogens is 2. The van der Waals surface area contributed by atoms with Gasteiger partial charge in [0.05, 0.1) is 25.1 Å². The molecule has 0 saturated carbocycles. The number of aliphatic hydroxyl groups is 1. The summed E-state index contributed by atoms with van der Waals surface area (Å²) in [5.41, 5.74) is 0.0657. The number of rotatable bonds is 7. The molecular formula is C22H20FN3O4S. The Labute approximate surface area is 182 Å². The molecule has 1 amide bonds. The number of ether oxygens (including phenoxy) is 1. The molecule has 2 aromatic heterocycles.